The predicted molar refractivity (Wildman–Crippen MR) is 99.6 cm³/mol. The fourth-order valence-electron chi connectivity index (χ4n) is 2.66. The second-order valence-corrected chi connectivity index (χ2v) is 6.04. The number of hydrogen-bond donors (Lipinski definition) is 2. The third kappa shape index (κ3) is 3.56. The van der Waals surface area contributed by atoms with Gasteiger partial charge in [-0.15, -0.1) is 0 Å². The van der Waals surface area contributed by atoms with Crippen LogP contribution in [0, 0.1) is 12.7 Å². The molecule has 2 N–H and O–H groups in total. The van der Waals surface area contributed by atoms with Crippen molar-refractivity contribution in [1.82, 2.24) is 10.3 Å². The quantitative estimate of drug-likeness (QED) is 0.681. The molecule has 0 saturated carbocycles. The Labute approximate surface area is 150 Å². The molecule has 0 fully saturated rings. The van der Waals surface area contributed by atoms with Crippen LogP contribution in [0.4, 0.5) is 15.0 Å². The molecule has 0 aliphatic rings. The van der Waals surface area contributed by atoms with Crippen LogP contribution < -0.4 is 10.6 Å². The van der Waals surface area contributed by atoms with Crippen molar-refractivity contribution < 1.29 is 9.18 Å². The minimum atomic E-state index is -0.358. The van der Waals surface area contributed by atoms with E-state index in [4.69, 9.17) is 11.6 Å². The van der Waals surface area contributed by atoms with Crippen molar-refractivity contribution in [3.8, 4) is 11.1 Å². The number of nitrogens with zero attached hydrogens (tertiary/aromatic N) is 1. The van der Waals surface area contributed by atoms with Crippen LogP contribution >= 0.6 is 11.6 Å². The minimum Gasteiger partial charge on any atom is -0.338 e. The van der Waals surface area contributed by atoms with Gasteiger partial charge in [-0.3, -0.25) is 5.32 Å². The van der Waals surface area contributed by atoms with Crippen LogP contribution in [0.3, 0.4) is 0 Å². The minimum absolute atomic E-state index is 0.279. The van der Waals surface area contributed by atoms with E-state index < -0.39 is 0 Å². The van der Waals surface area contributed by atoms with Gasteiger partial charge in [0.05, 0.1) is 5.02 Å². The lowest BCUT2D eigenvalue weighted by molar-refractivity contribution is 0.252. The predicted octanol–water partition coefficient (Wildman–Crippen LogP) is 5.14. The summed E-state index contributed by atoms with van der Waals surface area (Å²) in [5.74, 6) is 0.0214. The fourth-order valence-corrected chi connectivity index (χ4v) is 2.93. The van der Waals surface area contributed by atoms with Crippen molar-refractivity contribution in [3.63, 3.8) is 0 Å². The number of amides is 2. The fraction of sp³-hybridized carbons (Fsp3) is 0.158. The lowest BCUT2D eigenvalue weighted by Gasteiger charge is -2.11. The highest BCUT2D eigenvalue weighted by Crippen LogP contribution is 2.33. The van der Waals surface area contributed by atoms with Gasteiger partial charge in [-0.05, 0) is 48.7 Å². The van der Waals surface area contributed by atoms with Crippen molar-refractivity contribution in [2.45, 2.75) is 13.8 Å². The number of aryl methyl sites for hydroxylation is 1. The first-order valence-corrected chi connectivity index (χ1v) is 8.27. The highest BCUT2D eigenvalue weighted by Gasteiger charge is 2.11. The molecule has 0 radical (unpaired) electrons. The normalized spacial score (nSPS) is 10.7. The standard InChI is InChI=1S/C19H17ClFN3O/c1-3-22-19(25)24-18-17(20)15-7-5-12(8-13(15)10-23-18)16-9-14(21)6-4-11(16)2/h4-10H,3H2,1-2H3,(H2,22,23,24,25). The molecule has 0 aliphatic carbocycles. The summed E-state index contributed by atoms with van der Waals surface area (Å²) in [5.41, 5.74) is 2.68. The van der Waals surface area contributed by atoms with Gasteiger partial charge in [0.25, 0.3) is 0 Å². The van der Waals surface area contributed by atoms with E-state index in [9.17, 15) is 9.18 Å². The lowest BCUT2D eigenvalue weighted by atomic mass is 9.98. The van der Waals surface area contributed by atoms with Gasteiger partial charge in [-0.25, -0.2) is 14.2 Å². The molecule has 2 aromatic carbocycles. The van der Waals surface area contributed by atoms with Gasteiger partial charge < -0.3 is 5.32 Å². The third-order valence-electron chi connectivity index (χ3n) is 3.91. The molecule has 0 unspecified atom stereocenters. The van der Waals surface area contributed by atoms with E-state index in [0.717, 1.165) is 27.5 Å². The second kappa shape index (κ2) is 7.07. The Morgan fingerprint density at radius 3 is 2.80 bits per heavy atom. The molecule has 0 saturated heterocycles. The Morgan fingerprint density at radius 1 is 1.24 bits per heavy atom. The number of rotatable bonds is 3. The molecule has 6 heteroatoms. The lowest BCUT2D eigenvalue weighted by Crippen LogP contribution is -2.28. The summed E-state index contributed by atoms with van der Waals surface area (Å²) < 4.78 is 13.6. The van der Waals surface area contributed by atoms with E-state index in [1.165, 1.54) is 12.1 Å². The summed E-state index contributed by atoms with van der Waals surface area (Å²) in [6.45, 7) is 4.27. The summed E-state index contributed by atoms with van der Waals surface area (Å²) in [7, 11) is 0. The first-order valence-electron chi connectivity index (χ1n) is 7.89. The molecule has 0 bridgehead atoms. The SMILES string of the molecule is CCNC(=O)Nc1ncc2cc(-c3cc(F)ccc3C)ccc2c1Cl. The molecule has 0 atom stereocenters. The maximum atomic E-state index is 13.6. The van der Waals surface area contributed by atoms with E-state index >= 15 is 0 Å². The molecule has 0 aliphatic heterocycles. The first kappa shape index (κ1) is 17.2. The van der Waals surface area contributed by atoms with Gasteiger partial charge in [0, 0.05) is 23.5 Å². The van der Waals surface area contributed by atoms with Crippen LogP contribution in [0.25, 0.3) is 21.9 Å². The van der Waals surface area contributed by atoms with Crippen LogP contribution in [0.5, 0.6) is 0 Å². The Kier molecular flexibility index (Phi) is 4.86. The summed E-state index contributed by atoms with van der Waals surface area (Å²) in [6.07, 6.45) is 1.64. The second-order valence-electron chi connectivity index (χ2n) is 5.67. The maximum Gasteiger partial charge on any atom is 0.320 e. The van der Waals surface area contributed by atoms with Gasteiger partial charge >= 0.3 is 6.03 Å². The van der Waals surface area contributed by atoms with E-state index in [0.29, 0.717) is 17.4 Å². The van der Waals surface area contributed by atoms with Gasteiger partial charge in [0.2, 0.25) is 0 Å². The highest BCUT2D eigenvalue weighted by atomic mass is 35.5. The largest absolute Gasteiger partial charge is 0.338 e. The van der Waals surface area contributed by atoms with E-state index in [1.807, 2.05) is 32.0 Å². The average molecular weight is 358 g/mol. The van der Waals surface area contributed by atoms with E-state index in [-0.39, 0.29) is 11.8 Å². The molecule has 3 aromatic rings. The zero-order valence-electron chi connectivity index (χ0n) is 13.9. The van der Waals surface area contributed by atoms with Crippen molar-refractivity contribution >= 4 is 34.2 Å². The summed E-state index contributed by atoms with van der Waals surface area (Å²) in [5, 5.41) is 7.20. The Hall–Kier alpha value is -2.66. The zero-order chi connectivity index (χ0) is 18.0. The number of urea groups is 1. The van der Waals surface area contributed by atoms with Gasteiger partial charge in [-0.2, -0.15) is 0 Å². The van der Waals surface area contributed by atoms with Crippen molar-refractivity contribution in [2.75, 3.05) is 11.9 Å². The summed E-state index contributed by atoms with van der Waals surface area (Å²) in [4.78, 5) is 15.9. The third-order valence-corrected chi connectivity index (χ3v) is 4.29. The van der Waals surface area contributed by atoms with E-state index in [2.05, 4.69) is 15.6 Å². The Bertz CT molecular complexity index is 959. The van der Waals surface area contributed by atoms with Crippen molar-refractivity contribution in [1.29, 1.82) is 0 Å². The molecule has 2 amide bonds. The number of halogens is 2. The number of anilines is 1. The number of carbonyl (C=O) groups excluding carboxylic acids is 1. The monoisotopic (exact) mass is 357 g/mol. The Morgan fingerprint density at radius 2 is 2.04 bits per heavy atom. The van der Waals surface area contributed by atoms with E-state index in [1.54, 1.807) is 12.3 Å². The average Bonchev–Trinajstić information content (AvgIpc) is 2.59. The molecule has 25 heavy (non-hydrogen) atoms. The van der Waals surface area contributed by atoms with Crippen LogP contribution in [0.1, 0.15) is 12.5 Å². The molecular weight excluding hydrogens is 341 g/mol. The number of pyridine rings is 1. The molecule has 0 spiro atoms. The number of fused-ring (bicyclic) bond motifs is 1. The highest BCUT2D eigenvalue weighted by molar-refractivity contribution is 6.38. The van der Waals surface area contributed by atoms with Crippen LogP contribution in [-0.2, 0) is 0 Å². The molecule has 1 heterocycles. The number of hydrogen-bond acceptors (Lipinski definition) is 2. The molecule has 4 nitrogen and oxygen atoms in total. The summed E-state index contributed by atoms with van der Waals surface area (Å²) in [6, 6.07) is 9.98. The number of benzene rings is 2. The number of aromatic nitrogens is 1. The number of nitrogens with one attached hydrogen (secondary N) is 2. The van der Waals surface area contributed by atoms with Crippen molar-refractivity contribution in [3.05, 3.63) is 59.0 Å². The molecule has 1 aromatic heterocycles. The smallest absolute Gasteiger partial charge is 0.320 e. The van der Waals surface area contributed by atoms with Crippen LogP contribution in [-0.4, -0.2) is 17.6 Å². The maximum absolute atomic E-state index is 13.6. The molecule has 128 valence electrons. The topological polar surface area (TPSA) is 54.0 Å². The van der Waals surface area contributed by atoms with Gasteiger partial charge in [-0.1, -0.05) is 29.8 Å². The summed E-state index contributed by atoms with van der Waals surface area (Å²) >= 11 is 6.38. The molecular formula is C19H17ClFN3O. The first-order chi connectivity index (χ1) is 12.0. The van der Waals surface area contributed by atoms with Gasteiger partial charge in [0.1, 0.15) is 5.82 Å². The zero-order valence-corrected chi connectivity index (χ0v) is 14.6. The molecule has 3 rings (SSSR count). The van der Waals surface area contributed by atoms with Gasteiger partial charge in [0.15, 0.2) is 5.82 Å². The number of carbonyl (C=O) groups is 1. The van der Waals surface area contributed by atoms with Crippen LogP contribution in [0.2, 0.25) is 5.02 Å². The Balaban J connectivity index is 2.02. The van der Waals surface area contributed by atoms with Crippen LogP contribution in [0.15, 0.2) is 42.6 Å². The van der Waals surface area contributed by atoms with Crippen molar-refractivity contribution in [2.24, 2.45) is 0 Å².